The molecule has 0 aromatic heterocycles. The lowest BCUT2D eigenvalue weighted by Gasteiger charge is -2.15. The zero-order valence-corrected chi connectivity index (χ0v) is 12.2. The quantitative estimate of drug-likeness (QED) is 0.741. The lowest BCUT2D eigenvalue weighted by atomic mass is 10.1. The maximum atomic E-state index is 12.0. The van der Waals surface area contributed by atoms with Crippen molar-refractivity contribution in [2.75, 3.05) is 27.4 Å². The van der Waals surface area contributed by atoms with Gasteiger partial charge in [-0.05, 0) is 25.1 Å². The van der Waals surface area contributed by atoms with E-state index in [1.807, 2.05) is 6.92 Å². The molecule has 0 radical (unpaired) electrons. The molecule has 116 valence electrons. The molecule has 1 aromatic carbocycles. The molecule has 7 nitrogen and oxygen atoms in total. The summed E-state index contributed by atoms with van der Waals surface area (Å²) in [5.41, 5.74) is 0.276. The van der Waals surface area contributed by atoms with Crippen molar-refractivity contribution < 1.29 is 28.9 Å². The number of hydrogen-bond donors (Lipinski definition) is 2. The number of amides is 1. The van der Waals surface area contributed by atoms with Crippen molar-refractivity contribution in [3.8, 4) is 11.5 Å². The number of carbonyl (C=O) groups is 2. The summed E-state index contributed by atoms with van der Waals surface area (Å²) in [6.07, 6.45) is 0. The molecule has 2 N–H and O–H groups in total. The summed E-state index contributed by atoms with van der Waals surface area (Å²) < 4.78 is 15.3. The summed E-state index contributed by atoms with van der Waals surface area (Å²) >= 11 is 0. The van der Waals surface area contributed by atoms with Gasteiger partial charge in [-0.1, -0.05) is 0 Å². The predicted octanol–water partition coefficient (Wildman–Crippen LogP) is 0.923. The first-order chi connectivity index (χ1) is 10.0. The first-order valence-electron chi connectivity index (χ1n) is 6.36. The number of benzene rings is 1. The summed E-state index contributed by atoms with van der Waals surface area (Å²) in [4.78, 5) is 23.0. The maximum Gasteiger partial charge on any atom is 0.328 e. The van der Waals surface area contributed by atoms with E-state index < -0.39 is 17.9 Å². The van der Waals surface area contributed by atoms with Crippen LogP contribution >= 0.6 is 0 Å². The molecule has 1 aromatic rings. The van der Waals surface area contributed by atoms with Crippen LogP contribution < -0.4 is 14.8 Å². The number of nitrogens with one attached hydrogen (secondary N) is 1. The Bertz CT molecular complexity index is 502. The van der Waals surface area contributed by atoms with Crippen LogP contribution in [0.5, 0.6) is 11.5 Å². The van der Waals surface area contributed by atoms with Crippen LogP contribution in [0.15, 0.2) is 18.2 Å². The Labute approximate surface area is 122 Å². The van der Waals surface area contributed by atoms with Gasteiger partial charge in [0.2, 0.25) is 0 Å². The average Bonchev–Trinajstić information content (AvgIpc) is 2.47. The summed E-state index contributed by atoms with van der Waals surface area (Å²) in [7, 11) is 2.83. The van der Waals surface area contributed by atoms with Crippen molar-refractivity contribution in [1.82, 2.24) is 5.32 Å². The third kappa shape index (κ3) is 4.64. The molecule has 7 heteroatoms. The lowest BCUT2D eigenvalue weighted by molar-refractivity contribution is -0.140. The van der Waals surface area contributed by atoms with E-state index in [1.165, 1.54) is 26.4 Å². The topological polar surface area (TPSA) is 94.1 Å². The fourth-order valence-corrected chi connectivity index (χ4v) is 1.67. The van der Waals surface area contributed by atoms with Crippen LogP contribution in [-0.2, 0) is 9.53 Å². The normalized spacial score (nSPS) is 11.6. The molecule has 1 unspecified atom stereocenters. The van der Waals surface area contributed by atoms with Crippen LogP contribution in [0.4, 0.5) is 0 Å². The maximum absolute atomic E-state index is 12.0. The Hall–Kier alpha value is -2.28. The fourth-order valence-electron chi connectivity index (χ4n) is 1.67. The van der Waals surface area contributed by atoms with Gasteiger partial charge in [0.25, 0.3) is 5.91 Å². The largest absolute Gasteiger partial charge is 0.493 e. The average molecular weight is 297 g/mol. The summed E-state index contributed by atoms with van der Waals surface area (Å²) in [6.45, 7) is 2.19. The molecule has 0 fully saturated rings. The van der Waals surface area contributed by atoms with E-state index >= 15 is 0 Å². The second-order valence-corrected chi connectivity index (χ2v) is 4.12. The monoisotopic (exact) mass is 297 g/mol. The Balaban J connectivity index is 2.89. The number of aliphatic carboxylic acids is 1. The van der Waals surface area contributed by atoms with Crippen molar-refractivity contribution >= 4 is 11.9 Å². The molecule has 1 amide bonds. The first-order valence-corrected chi connectivity index (χ1v) is 6.36. The van der Waals surface area contributed by atoms with Gasteiger partial charge in [0.1, 0.15) is 0 Å². The number of carboxylic acids is 1. The lowest BCUT2D eigenvalue weighted by Crippen LogP contribution is -2.43. The zero-order chi connectivity index (χ0) is 15.8. The summed E-state index contributed by atoms with van der Waals surface area (Å²) in [5.74, 6) is -0.768. The van der Waals surface area contributed by atoms with Gasteiger partial charge in [-0.2, -0.15) is 0 Å². The van der Waals surface area contributed by atoms with E-state index in [0.717, 1.165) is 0 Å². The molecule has 0 spiro atoms. The van der Waals surface area contributed by atoms with E-state index in [-0.39, 0.29) is 12.2 Å². The first kappa shape index (κ1) is 16.8. The van der Waals surface area contributed by atoms with Gasteiger partial charge < -0.3 is 24.6 Å². The molecule has 0 heterocycles. The van der Waals surface area contributed by atoms with Crippen molar-refractivity contribution in [2.45, 2.75) is 13.0 Å². The van der Waals surface area contributed by atoms with E-state index in [2.05, 4.69) is 5.32 Å². The SMILES string of the molecule is CCOc1ccc(C(=O)NC(COC)C(=O)O)cc1OC. The smallest absolute Gasteiger partial charge is 0.328 e. The Morgan fingerprint density at radius 3 is 2.52 bits per heavy atom. The molecule has 1 rings (SSSR count). The van der Waals surface area contributed by atoms with Crippen molar-refractivity contribution in [3.05, 3.63) is 23.8 Å². The van der Waals surface area contributed by atoms with Crippen LogP contribution in [0.3, 0.4) is 0 Å². The highest BCUT2D eigenvalue weighted by atomic mass is 16.5. The van der Waals surface area contributed by atoms with Crippen LogP contribution in [0.1, 0.15) is 17.3 Å². The van der Waals surface area contributed by atoms with Gasteiger partial charge in [0.05, 0.1) is 20.3 Å². The molecule has 0 aliphatic carbocycles. The van der Waals surface area contributed by atoms with Gasteiger partial charge in [-0.3, -0.25) is 4.79 Å². The number of methoxy groups -OCH3 is 2. The van der Waals surface area contributed by atoms with E-state index in [9.17, 15) is 9.59 Å². The Kier molecular flexibility index (Phi) is 6.48. The fraction of sp³-hybridized carbons (Fsp3) is 0.429. The molecule has 0 aliphatic rings. The molecule has 0 saturated carbocycles. The minimum Gasteiger partial charge on any atom is -0.493 e. The Morgan fingerprint density at radius 1 is 1.29 bits per heavy atom. The molecule has 21 heavy (non-hydrogen) atoms. The number of carbonyl (C=O) groups excluding carboxylic acids is 1. The van der Waals surface area contributed by atoms with Gasteiger partial charge in [-0.15, -0.1) is 0 Å². The van der Waals surface area contributed by atoms with Crippen LogP contribution in [0, 0.1) is 0 Å². The van der Waals surface area contributed by atoms with Crippen molar-refractivity contribution in [2.24, 2.45) is 0 Å². The van der Waals surface area contributed by atoms with Crippen molar-refractivity contribution in [3.63, 3.8) is 0 Å². The standard InChI is InChI=1S/C14H19NO6/c1-4-21-11-6-5-9(7-12(11)20-3)13(16)15-10(8-19-2)14(17)18/h5-7,10H,4,8H2,1-3H3,(H,15,16)(H,17,18). The van der Waals surface area contributed by atoms with Crippen LogP contribution in [0.2, 0.25) is 0 Å². The summed E-state index contributed by atoms with van der Waals surface area (Å²) in [5, 5.41) is 11.4. The molecular weight excluding hydrogens is 278 g/mol. The minimum absolute atomic E-state index is 0.116. The van der Waals surface area contributed by atoms with E-state index in [4.69, 9.17) is 19.3 Å². The number of rotatable bonds is 8. The molecule has 1 atom stereocenters. The van der Waals surface area contributed by atoms with Crippen molar-refractivity contribution in [1.29, 1.82) is 0 Å². The number of hydrogen-bond acceptors (Lipinski definition) is 5. The second-order valence-electron chi connectivity index (χ2n) is 4.12. The predicted molar refractivity (Wildman–Crippen MR) is 74.9 cm³/mol. The number of ether oxygens (including phenoxy) is 3. The van der Waals surface area contributed by atoms with Crippen LogP contribution in [0.25, 0.3) is 0 Å². The number of carboxylic acid groups (broad SMARTS) is 1. The molecule has 0 saturated heterocycles. The van der Waals surface area contributed by atoms with E-state index in [0.29, 0.717) is 18.1 Å². The highest BCUT2D eigenvalue weighted by molar-refractivity contribution is 5.97. The molecule has 0 aliphatic heterocycles. The van der Waals surface area contributed by atoms with Gasteiger partial charge in [0, 0.05) is 12.7 Å². The highest BCUT2D eigenvalue weighted by Gasteiger charge is 2.21. The highest BCUT2D eigenvalue weighted by Crippen LogP contribution is 2.27. The summed E-state index contributed by atoms with van der Waals surface area (Å²) in [6, 6.07) is 3.52. The van der Waals surface area contributed by atoms with Gasteiger partial charge in [-0.25, -0.2) is 4.79 Å². The second kappa shape index (κ2) is 8.11. The third-order valence-corrected chi connectivity index (χ3v) is 2.66. The van der Waals surface area contributed by atoms with E-state index in [1.54, 1.807) is 6.07 Å². The van der Waals surface area contributed by atoms with Crippen LogP contribution in [-0.4, -0.2) is 50.5 Å². The Morgan fingerprint density at radius 2 is 2.00 bits per heavy atom. The molecular formula is C14H19NO6. The zero-order valence-electron chi connectivity index (χ0n) is 12.2. The third-order valence-electron chi connectivity index (χ3n) is 2.66. The van der Waals surface area contributed by atoms with Gasteiger partial charge >= 0.3 is 5.97 Å². The minimum atomic E-state index is -1.16. The van der Waals surface area contributed by atoms with Gasteiger partial charge in [0.15, 0.2) is 17.5 Å². The molecule has 0 bridgehead atoms.